The molecule has 2 aromatic rings. The van der Waals surface area contributed by atoms with Crippen LogP contribution in [0.2, 0.25) is 5.02 Å². The first-order valence-corrected chi connectivity index (χ1v) is 6.07. The third kappa shape index (κ3) is 3.17. The van der Waals surface area contributed by atoms with E-state index >= 15 is 0 Å². The van der Waals surface area contributed by atoms with Crippen LogP contribution in [0, 0.1) is 17.0 Å². The Morgan fingerprint density at radius 2 is 2.05 bits per heavy atom. The zero-order chi connectivity index (χ0) is 14.7. The number of benzene rings is 2. The van der Waals surface area contributed by atoms with Gasteiger partial charge in [0.15, 0.2) is 0 Å². The molecule has 0 aromatic heterocycles. The number of ether oxygens (including phenoxy) is 1. The minimum Gasteiger partial charge on any atom is -0.457 e. The number of halogens is 1. The van der Waals surface area contributed by atoms with Gasteiger partial charge < -0.3 is 10.2 Å². The highest BCUT2D eigenvalue weighted by Crippen LogP contribution is 2.32. The summed E-state index contributed by atoms with van der Waals surface area (Å²) in [5.74, 6) is 6.12. The number of nitrogens with zero attached hydrogens (tertiary/aromatic N) is 1. The molecule has 0 amide bonds. The molecule has 2 aromatic carbocycles. The van der Waals surface area contributed by atoms with Gasteiger partial charge in [0, 0.05) is 17.2 Å². The van der Waals surface area contributed by atoms with Crippen LogP contribution in [0.4, 0.5) is 11.4 Å². The van der Waals surface area contributed by atoms with Gasteiger partial charge in [0.2, 0.25) is 0 Å². The van der Waals surface area contributed by atoms with E-state index in [1.807, 2.05) is 6.92 Å². The quantitative estimate of drug-likeness (QED) is 0.510. The van der Waals surface area contributed by atoms with Crippen molar-refractivity contribution in [2.75, 3.05) is 5.43 Å². The van der Waals surface area contributed by atoms with Gasteiger partial charge in [0.05, 0.1) is 16.7 Å². The SMILES string of the molecule is Cc1ccc(Cl)cc1Oc1cc(NN)cc([N+](=O)[O-])c1. The third-order valence-corrected chi connectivity index (χ3v) is 2.88. The lowest BCUT2D eigenvalue weighted by atomic mass is 10.2. The average Bonchev–Trinajstić information content (AvgIpc) is 2.42. The number of hydrogen-bond acceptors (Lipinski definition) is 5. The van der Waals surface area contributed by atoms with Crippen LogP contribution in [0.25, 0.3) is 0 Å². The van der Waals surface area contributed by atoms with Gasteiger partial charge in [-0.15, -0.1) is 0 Å². The average molecular weight is 294 g/mol. The molecule has 0 aliphatic heterocycles. The molecule has 0 aliphatic carbocycles. The molecule has 7 heteroatoms. The predicted octanol–water partition coefficient (Wildman–Crippen LogP) is 3.63. The molecule has 0 fully saturated rings. The number of rotatable bonds is 4. The molecular weight excluding hydrogens is 282 g/mol. The van der Waals surface area contributed by atoms with Crippen molar-refractivity contribution in [3.05, 3.63) is 57.1 Å². The summed E-state index contributed by atoms with van der Waals surface area (Å²) in [6, 6.07) is 9.39. The van der Waals surface area contributed by atoms with Crippen LogP contribution in [-0.4, -0.2) is 4.92 Å². The Morgan fingerprint density at radius 1 is 1.30 bits per heavy atom. The highest BCUT2D eigenvalue weighted by molar-refractivity contribution is 6.30. The maximum atomic E-state index is 10.9. The maximum Gasteiger partial charge on any atom is 0.275 e. The van der Waals surface area contributed by atoms with Gasteiger partial charge in [-0.2, -0.15) is 0 Å². The summed E-state index contributed by atoms with van der Waals surface area (Å²) >= 11 is 5.90. The number of nitrogen functional groups attached to an aromatic ring is 1. The van der Waals surface area contributed by atoms with E-state index in [0.717, 1.165) is 5.56 Å². The van der Waals surface area contributed by atoms with Crippen LogP contribution in [0.3, 0.4) is 0 Å². The van der Waals surface area contributed by atoms with E-state index in [2.05, 4.69) is 5.43 Å². The molecule has 104 valence electrons. The summed E-state index contributed by atoms with van der Waals surface area (Å²) < 4.78 is 5.64. The Balaban J connectivity index is 2.39. The molecule has 20 heavy (non-hydrogen) atoms. The summed E-state index contributed by atoms with van der Waals surface area (Å²) in [7, 11) is 0. The number of nitrogens with one attached hydrogen (secondary N) is 1. The fourth-order valence-electron chi connectivity index (χ4n) is 1.64. The molecule has 0 bridgehead atoms. The number of nitro benzene ring substituents is 1. The van der Waals surface area contributed by atoms with Gasteiger partial charge >= 0.3 is 0 Å². The normalized spacial score (nSPS) is 10.2. The molecular formula is C13H12ClN3O3. The fourth-order valence-corrected chi connectivity index (χ4v) is 1.80. The van der Waals surface area contributed by atoms with Crippen molar-refractivity contribution >= 4 is 23.0 Å². The molecule has 0 saturated carbocycles. The Kier molecular flexibility index (Phi) is 4.07. The summed E-state index contributed by atoms with van der Waals surface area (Å²) in [6.45, 7) is 1.85. The molecule has 0 aliphatic rings. The Bertz CT molecular complexity index is 661. The van der Waals surface area contributed by atoms with E-state index in [1.165, 1.54) is 12.1 Å². The lowest BCUT2D eigenvalue weighted by Gasteiger charge is -2.10. The number of hydrogen-bond donors (Lipinski definition) is 2. The van der Waals surface area contributed by atoms with Gasteiger partial charge in [-0.05, 0) is 24.6 Å². The lowest BCUT2D eigenvalue weighted by Crippen LogP contribution is -2.07. The second-order valence-corrected chi connectivity index (χ2v) is 4.57. The van der Waals surface area contributed by atoms with Crippen molar-refractivity contribution < 1.29 is 9.66 Å². The molecule has 0 unspecified atom stereocenters. The van der Waals surface area contributed by atoms with E-state index in [1.54, 1.807) is 24.3 Å². The monoisotopic (exact) mass is 293 g/mol. The van der Waals surface area contributed by atoms with Crippen LogP contribution in [0.5, 0.6) is 11.5 Å². The molecule has 0 saturated heterocycles. The van der Waals surface area contributed by atoms with Gasteiger partial charge in [-0.25, -0.2) is 0 Å². The smallest absolute Gasteiger partial charge is 0.275 e. The highest BCUT2D eigenvalue weighted by Gasteiger charge is 2.11. The lowest BCUT2D eigenvalue weighted by molar-refractivity contribution is -0.384. The van der Waals surface area contributed by atoms with Gasteiger partial charge in [-0.1, -0.05) is 17.7 Å². The molecule has 0 spiro atoms. The molecule has 6 nitrogen and oxygen atoms in total. The number of hydrazine groups is 1. The molecule has 2 rings (SSSR count). The van der Waals surface area contributed by atoms with Crippen LogP contribution in [0.15, 0.2) is 36.4 Å². The standard InChI is InChI=1S/C13H12ClN3O3/c1-8-2-3-9(14)4-13(8)20-12-6-10(16-15)5-11(7-12)17(18)19/h2-7,16H,15H2,1H3. The third-order valence-electron chi connectivity index (χ3n) is 2.65. The fraction of sp³-hybridized carbons (Fsp3) is 0.0769. The second kappa shape index (κ2) is 5.77. The number of aryl methyl sites for hydroxylation is 1. The number of non-ortho nitro benzene ring substituents is 1. The zero-order valence-electron chi connectivity index (χ0n) is 10.6. The highest BCUT2D eigenvalue weighted by atomic mass is 35.5. The van der Waals surface area contributed by atoms with E-state index in [4.69, 9.17) is 22.2 Å². The van der Waals surface area contributed by atoms with E-state index in [-0.39, 0.29) is 5.69 Å². The Labute approximate surface area is 120 Å². The summed E-state index contributed by atoms with van der Waals surface area (Å²) in [4.78, 5) is 10.3. The Hall–Kier alpha value is -2.31. The van der Waals surface area contributed by atoms with Crippen molar-refractivity contribution in [2.45, 2.75) is 6.92 Å². The van der Waals surface area contributed by atoms with Crippen LogP contribution in [-0.2, 0) is 0 Å². The molecule has 0 atom stereocenters. The number of nitro groups is 1. The number of nitrogens with two attached hydrogens (primary N) is 1. The molecule has 0 heterocycles. The van der Waals surface area contributed by atoms with Crippen LogP contribution >= 0.6 is 11.6 Å². The first-order valence-electron chi connectivity index (χ1n) is 5.69. The second-order valence-electron chi connectivity index (χ2n) is 4.13. The van der Waals surface area contributed by atoms with Crippen molar-refractivity contribution in [3.63, 3.8) is 0 Å². The molecule has 3 N–H and O–H groups in total. The van der Waals surface area contributed by atoms with E-state index in [9.17, 15) is 10.1 Å². The van der Waals surface area contributed by atoms with E-state index in [0.29, 0.717) is 22.2 Å². The van der Waals surface area contributed by atoms with Crippen LogP contribution in [0.1, 0.15) is 5.56 Å². The van der Waals surface area contributed by atoms with Crippen molar-refractivity contribution in [3.8, 4) is 11.5 Å². The minimum atomic E-state index is -0.515. The predicted molar refractivity (Wildman–Crippen MR) is 77.2 cm³/mol. The van der Waals surface area contributed by atoms with Crippen molar-refractivity contribution in [1.82, 2.24) is 0 Å². The largest absolute Gasteiger partial charge is 0.457 e. The molecule has 0 radical (unpaired) electrons. The van der Waals surface area contributed by atoms with Crippen molar-refractivity contribution in [1.29, 1.82) is 0 Å². The van der Waals surface area contributed by atoms with Gasteiger partial charge in [-0.3, -0.25) is 16.0 Å². The topological polar surface area (TPSA) is 90.4 Å². The first kappa shape index (κ1) is 14.1. The first-order chi connectivity index (χ1) is 9.49. The maximum absolute atomic E-state index is 10.9. The zero-order valence-corrected chi connectivity index (χ0v) is 11.3. The van der Waals surface area contributed by atoms with Crippen LogP contribution < -0.4 is 16.0 Å². The van der Waals surface area contributed by atoms with Gasteiger partial charge in [0.25, 0.3) is 5.69 Å². The summed E-state index contributed by atoms with van der Waals surface area (Å²) in [5, 5.41) is 11.4. The van der Waals surface area contributed by atoms with Crippen molar-refractivity contribution in [2.24, 2.45) is 5.84 Å². The summed E-state index contributed by atoms with van der Waals surface area (Å²) in [5.41, 5.74) is 3.50. The Morgan fingerprint density at radius 3 is 2.70 bits per heavy atom. The summed E-state index contributed by atoms with van der Waals surface area (Å²) in [6.07, 6.45) is 0. The van der Waals surface area contributed by atoms with E-state index < -0.39 is 4.92 Å². The van der Waals surface area contributed by atoms with Gasteiger partial charge in [0.1, 0.15) is 11.5 Å². The number of anilines is 1. The minimum absolute atomic E-state index is 0.116.